The highest BCUT2D eigenvalue weighted by molar-refractivity contribution is 6.31. The van der Waals surface area contributed by atoms with E-state index in [1.165, 1.54) is 30.3 Å². The van der Waals surface area contributed by atoms with Gasteiger partial charge in [-0.15, -0.1) is 0 Å². The molecule has 5 nitrogen and oxygen atoms in total. The molecule has 1 unspecified atom stereocenters. The van der Waals surface area contributed by atoms with E-state index in [1.54, 1.807) is 6.07 Å². The van der Waals surface area contributed by atoms with Crippen molar-refractivity contribution in [1.29, 1.82) is 0 Å². The summed E-state index contributed by atoms with van der Waals surface area (Å²) in [5.74, 6) is -2.80. The Morgan fingerprint density at radius 2 is 1.57 bits per heavy atom. The molecule has 1 N–H and O–H groups in total. The Kier molecular flexibility index (Phi) is 8.03. The van der Waals surface area contributed by atoms with Gasteiger partial charge in [0.2, 0.25) is 0 Å². The lowest BCUT2D eigenvalue weighted by Crippen LogP contribution is -2.48. The molecule has 220 valence electrons. The first kappa shape index (κ1) is 28.7. The van der Waals surface area contributed by atoms with Crippen LogP contribution in [0.4, 0.5) is 13.2 Å². The van der Waals surface area contributed by atoms with Gasteiger partial charge in [-0.05, 0) is 116 Å². The average molecular weight is 596 g/mol. The van der Waals surface area contributed by atoms with Crippen LogP contribution in [0.2, 0.25) is 5.02 Å². The maximum atomic E-state index is 14.2. The quantitative estimate of drug-likeness (QED) is 0.357. The topological polar surface area (TPSA) is 52.7 Å². The number of piperidine rings is 2. The lowest BCUT2D eigenvalue weighted by Gasteiger charge is -2.47. The van der Waals surface area contributed by atoms with Gasteiger partial charge in [0.05, 0.1) is 11.6 Å². The Bertz CT molecular complexity index is 1510. The predicted octanol–water partition coefficient (Wildman–Crippen LogP) is 6.69. The van der Waals surface area contributed by atoms with Gasteiger partial charge in [0, 0.05) is 30.2 Å². The zero-order valence-electron chi connectivity index (χ0n) is 23.3. The molecule has 2 fully saturated rings. The van der Waals surface area contributed by atoms with Crippen molar-refractivity contribution in [3.05, 3.63) is 105 Å². The summed E-state index contributed by atoms with van der Waals surface area (Å²) in [7, 11) is 0. The second-order valence-corrected chi connectivity index (χ2v) is 12.4. The summed E-state index contributed by atoms with van der Waals surface area (Å²) in [5.41, 5.74) is 3.46. The van der Waals surface area contributed by atoms with Crippen LogP contribution < -0.4 is 5.32 Å². The number of likely N-dealkylation sites (tertiary alicyclic amines) is 2. The molecule has 0 saturated carbocycles. The summed E-state index contributed by atoms with van der Waals surface area (Å²) in [6.45, 7) is 3.76. The van der Waals surface area contributed by atoms with Crippen molar-refractivity contribution in [3.63, 3.8) is 0 Å². The van der Waals surface area contributed by atoms with E-state index in [-0.39, 0.29) is 28.0 Å². The van der Waals surface area contributed by atoms with E-state index in [4.69, 9.17) is 11.6 Å². The third-order valence-corrected chi connectivity index (χ3v) is 9.60. The van der Waals surface area contributed by atoms with Crippen molar-refractivity contribution in [2.75, 3.05) is 26.2 Å². The number of nitrogens with one attached hydrogen (secondary N) is 1. The monoisotopic (exact) mass is 595 g/mol. The van der Waals surface area contributed by atoms with Gasteiger partial charge < -0.3 is 10.2 Å². The first-order valence-corrected chi connectivity index (χ1v) is 14.9. The Morgan fingerprint density at radius 1 is 0.857 bits per heavy atom. The summed E-state index contributed by atoms with van der Waals surface area (Å²) in [6.07, 6.45) is 5.36. The molecule has 0 radical (unpaired) electrons. The minimum atomic E-state index is -0.824. The lowest BCUT2D eigenvalue weighted by atomic mass is 9.71. The van der Waals surface area contributed by atoms with E-state index < -0.39 is 23.4 Å². The van der Waals surface area contributed by atoms with Crippen LogP contribution in [0.3, 0.4) is 0 Å². The van der Waals surface area contributed by atoms with E-state index in [0.717, 1.165) is 61.9 Å². The van der Waals surface area contributed by atoms with Gasteiger partial charge in [-0.25, -0.2) is 13.2 Å². The molecule has 1 spiro atoms. The van der Waals surface area contributed by atoms with E-state index in [2.05, 4.69) is 10.2 Å². The van der Waals surface area contributed by atoms with Crippen molar-refractivity contribution >= 4 is 23.4 Å². The standard InChI is InChI=1S/C33H33ClF3N3O2/c34-24-5-7-27(35)26(19-24)31(41)38-30-8-4-22-2-3-23(18-25(22)30)32(42)40-15-11-33(12-16-40)9-13-39(14-10-33)20-21-1-6-28(36)29(37)17-21/h1-3,5-7,17-19,30H,4,8-16,20H2,(H,38,41). The highest BCUT2D eigenvalue weighted by Crippen LogP contribution is 2.42. The number of benzene rings is 3. The molecule has 2 saturated heterocycles. The van der Waals surface area contributed by atoms with Gasteiger partial charge in [-0.2, -0.15) is 0 Å². The van der Waals surface area contributed by atoms with Crippen LogP contribution in [0, 0.1) is 22.9 Å². The molecule has 9 heteroatoms. The smallest absolute Gasteiger partial charge is 0.254 e. The van der Waals surface area contributed by atoms with Gasteiger partial charge in [-0.1, -0.05) is 23.7 Å². The van der Waals surface area contributed by atoms with Crippen molar-refractivity contribution in [2.45, 2.75) is 51.1 Å². The normalized spacial score (nSPS) is 20.0. The minimum absolute atomic E-state index is 0.0127. The minimum Gasteiger partial charge on any atom is -0.345 e. The largest absolute Gasteiger partial charge is 0.345 e. The number of carbonyl (C=O) groups excluding carboxylic acids is 2. The number of aryl methyl sites for hydroxylation is 1. The first-order valence-electron chi connectivity index (χ1n) is 14.5. The highest BCUT2D eigenvalue weighted by Gasteiger charge is 2.39. The zero-order chi connectivity index (χ0) is 29.4. The fourth-order valence-electron chi connectivity index (χ4n) is 6.74. The van der Waals surface area contributed by atoms with Gasteiger partial charge in [-0.3, -0.25) is 14.5 Å². The number of fused-ring (bicyclic) bond motifs is 1. The Morgan fingerprint density at radius 3 is 2.31 bits per heavy atom. The van der Waals surface area contributed by atoms with Gasteiger partial charge in [0.25, 0.3) is 11.8 Å². The SMILES string of the molecule is O=C(NC1CCc2ccc(C(=O)N3CCC4(CCN(Cc5ccc(F)c(F)c5)CC4)CC3)cc21)c1cc(Cl)ccc1F. The molecule has 1 atom stereocenters. The molecule has 3 aliphatic rings. The second kappa shape index (κ2) is 11.7. The third-order valence-electron chi connectivity index (χ3n) is 9.37. The number of halogens is 4. The van der Waals surface area contributed by atoms with Crippen LogP contribution in [0.25, 0.3) is 0 Å². The molecular formula is C33H33ClF3N3O2. The molecule has 0 aromatic heterocycles. The molecular weight excluding hydrogens is 563 g/mol. The summed E-state index contributed by atoms with van der Waals surface area (Å²) in [5, 5.41) is 3.21. The van der Waals surface area contributed by atoms with Crippen LogP contribution >= 0.6 is 11.6 Å². The number of nitrogens with zero attached hydrogens (tertiary/aromatic N) is 2. The van der Waals surface area contributed by atoms with Crippen molar-refractivity contribution in [2.24, 2.45) is 5.41 Å². The Hall–Kier alpha value is -3.36. The zero-order valence-corrected chi connectivity index (χ0v) is 24.0. The Balaban J connectivity index is 1.05. The predicted molar refractivity (Wildman–Crippen MR) is 155 cm³/mol. The van der Waals surface area contributed by atoms with Gasteiger partial charge in [0.15, 0.2) is 11.6 Å². The van der Waals surface area contributed by atoms with Crippen molar-refractivity contribution < 1.29 is 22.8 Å². The maximum absolute atomic E-state index is 14.2. The molecule has 42 heavy (non-hydrogen) atoms. The van der Waals surface area contributed by atoms with E-state index >= 15 is 0 Å². The van der Waals surface area contributed by atoms with Crippen molar-refractivity contribution in [1.82, 2.24) is 15.1 Å². The number of rotatable bonds is 5. The van der Waals surface area contributed by atoms with Crippen LogP contribution in [-0.4, -0.2) is 47.8 Å². The first-order chi connectivity index (χ1) is 20.2. The lowest BCUT2D eigenvalue weighted by molar-refractivity contribution is 0.0285. The number of carbonyl (C=O) groups is 2. The molecule has 0 bridgehead atoms. The molecule has 1 aliphatic carbocycles. The Labute approximate surface area is 248 Å². The number of hydrogen-bond donors (Lipinski definition) is 1. The van der Waals surface area contributed by atoms with Crippen LogP contribution in [-0.2, 0) is 13.0 Å². The summed E-state index contributed by atoms with van der Waals surface area (Å²) in [6, 6.07) is 13.4. The summed E-state index contributed by atoms with van der Waals surface area (Å²) >= 11 is 5.97. The maximum Gasteiger partial charge on any atom is 0.254 e. The fraction of sp³-hybridized carbons (Fsp3) is 0.394. The number of amides is 2. The molecule has 3 aromatic carbocycles. The third kappa shape index (κ3) is 5.92. The van der Waals surface area contributed by atoms with E-state index in [1.807, 2.05) is 23.1 Å². The van der Waals surface area contributed by atoms with Gasteiger partial charge >= 0.3 is 0 Å². The van der Waals surface area contributed by atoms with E-state index in [9.17, 15) is 22.8 Å². The fourth-order valence-corrected chi connectivity index (χ4v) is 6.91. The van der Waals surface area contributed by atoms with Crippen LogP contribution in [0.5, 0.6) is 0 Å². The molecule has 3 aromatic rings. The second-order valence-electron chi connectivity index (χ2n) is 11.9. The van der Waals surface area contributed by atoms with E-state index in [0.29, 0.717) is 31.6 Å². The highest BCUT2D eigenvalue weighted by atomic mass is 35.5. The summed E-state index contributed by atoms with van der Waals surface area (Å²) in [4.78, 5) is 30.5. The molecule has 2 heterocycles. The average Bonchev–Trinajstić information content (AvgIpc) is 3.39. The van der Waals surface area contributed by atoms with Gasteiger partial charge in [0.1, 0.15) is 5.82 Å². The van der Waals surface area contributed by atoms with Crippen LogP contribution in [0.15, 0.2) is 54.6 Å². The van der Waals surface area contributed by atoms with Crippen molar-refractivity contribution in [3.8, 4) is 0 Å². The summed E-state index contributed by atoms with van der Waals surface area (Å²) < 4.78 is 41.1. The molecule has 2 amide bonds. The molecule has 2 aliphatic heterocycles. The number of hydrogen-bond acceptors (Lipinski definition) is 3. The molecule has 6 rings (SSSR count). The van der Waals surface area contributed by atoms with Crippen LogP contribution in [0.1, 0.15) is 75.6 Å².